The normalized spacial score (nSPS) is 13.7. The number of hydrogen-bond acceptors (Lipinski definition) is 4. The summed E-state index contributed by atoms with van der Waals surface area (Å²) in [6, 6.07) is 5.84. The number of hydrogen-bond donors (Lipinski definition) is 3. The van der Waals surface area contributed by atoms with Gasteiger partial charge in [-0.25, -0.2) is 0 Å². The third kappa shape index (κ3) is 3.45. The van der Waals surface area contributed by atoms with Crippen LogP contribution in [0.3, 0.4) is 0 Å². The van der Waals surface area contributed by atoms with Crippen LogP contribution in [-0.4, -0.2) is 37.3 Å². The summed E-state index contributed by atoms with van der Waals surface area (Å²) in [7, 11) is 0. The van der Waals surface area contributed by atoms with Gasteiger partial charge in [-0.3, -0.25) is 4.79 Å². The van der Waals surface area contributed by atoms with Crippen LogP contribution < -0.4 is 15.4 Å². The number of rotatable bonds is 6. The number of fused-ring (bicyclic) bond motifs is 1. The summed E-state index contributed by atoms with van der Waals surface area (Å²) in [4.78, 5) is 11.2. The molecular formula is C13H18N2O3. The minimum atomic E-state index is -0.110. The first-order valence-electron chi connectivity index (χ1n) is 6.17. The van der Waals surface area contributed by atoms with Gasteiger partial charge in [0, 0.05) is 6.61 Å². The van der Waals surface area contributed by atoms with Gasteiger partial charge in [-0.1, -0.05) is 6.07 Å². The minimum Gasteiger partial charge on any atom is -0.482 e. The summed E-state index contributed by atoms with van der Waals surface area (Å²) in [5, 5.41) is 14.7. The monoisotopic (exact) mass is 250 g/mol. The molecule has 0 bridgehead atoms. The van der Waals surface area contributed by atoms with Crippen molar-refractivity contribution in [1.29, 1.82) is 0 Å². The smallest absolute Gasteiger partial charge is 0.262 e. The second kappa shape index (κ2) is 6.37. The van der Waals surface area contributed by atoms with Crippen LogP contribution in [0.25, 0.3) is 0 Å². The second-order valence-corrected chi connectivity index (χ2v) is 4.24. The maximum Gasteiger partial charge on any atom is 0.262 e. The van der Waals surface area contributed by atoms with Gasteiger partial charge in [0.15, 0.2) is 6.61 Å². The van der Waals surface area contributed by atoms with Crippen molar-refractivity contribution in [2.75, 3.05) is 31.6 Å². The van der Waals surface area contributed by atoms with Gasteiger partial charge in [-0.05, 0) is 43.6 Å². The Hall–Kier alpha value is -1.59. The van der Waals surface area contributed by atoms with Gasteiger partial charge in [0.2, 0.25) is 0 Å². The first-order chi connectivity index (χ1) is 8.79. The quantitative estimate of drug-likeness (QED) is 0.644. The molecule has 0 saturated carbocycles. The largest absolute Gasteiger partial charge is 0.482 e. The Bertz CT molecular complexity index is 421. The first kappa shape index (κ1) is 12.9. The number of benzene rings is 1. The Labute approximate surface area is 106 Å². The molecule has 5 nitrogen and oxygen atoms in total. The summed E-state index contributed by atoms with van der Waals surface area (Å²) in [6.45, 7) is 1.99. The average molecular weight is 250 g/mol. The summed E-state index contributed by atoms with van der Waals surface area (Å²) >= 11 is 0. The van der Waals surface area contributed by atoms with Gasteiger partial charge in [0.25, 0.3) is 5.91 Å². The lowest BCUT2D eigenvalue weighted by Crippen LogP contribution is -2.25. The maximum absolute atomic E-state index is 11.2. The van der Waals surface area contributed by atoms with Gasteiger partial charge >= 0.3 is 0 Å². The number of anilines is 1. The van der Waals surface area contributed by atoms with Gasteiger partial charge in [-0.2, -0.15) is 0 Å². The van der Waals surface area contributed by atoms with Gasteiger partial charge in [-0.15, -0.1) is 0 Å². The van der Waals surface area contributed by atoms with E-state index < -0.39 is 0 Å². The molecule has 2 rings (SSSR count). The van der Waals surface area contributed by atoms with Gasteiger partial charge in [0.05, 0.1) is 5.69 Å². The van der Waals surface area contributed by atoms with E-state index in [4.69, 9.17) is 9.84 Å². The molecule has 5 heteroatoms. The van der Waals surface area contributed by atoms with Crippen molar-refractivity contribution < 1.29 is 14.6 Å². The molecular weight excluding hydrogens is 232 g/mol. The zero-order chi connectivity index (χ0) is 12.8. The third-order valence-electron chi connectivity index (χ3n) is 2.78. The van der Waals surface area contributed by atoms with Crippen LogP contribution >= 0.6 is 0 Å². The van der Waals surface area contributed by atoms with E-state index in [0.717, 1.165) is 42.9 Å². The summed E-state index contributed by atoms with van der Waals surface area (Å²) in [5.41, 5.74) is 1.90. The highest BCUT2D eigenvalue weighted by Gasteiger charge is 2.15. The van der Waals surface area contributed by atoms with E-state index in [1.807, 2.05) is 18.2 Å². The fourth-order valence-corrected chi connectivity index (χ4v) is 1.85. The SMILES string of the molecule is O=C1COc2ccc(CCNCCCO)cc2N1. The second-order valence-electron chi connectivity index (χ2n) is 4.24. The summed E-state index contributed by atoms with van der Waals surface area (Å²) < 4.78 is 5.29. The van der Waals surface area contributed by atoms with Crippen molar-refractivity contribution in [2.24, 2.45) is 0 Å². The highest BCUT2D eigenvalue weighted by Crippen LogP contribution is 2.28. The van der Waals surface area contributed by atoms with Crippen LogP contribution in [-0.2, 0) is 11.2 Å². The molecule has 1 aliphatic heterocycles. The molecule has 3 N–H and O–H groups in total. The molecule has 1 aromatic carbocycles. The highest BCUT2D eigenvalue weighted by atomic mass is 16.5. The number of aliphatic hydroxyl groups excluding tert-OH is 1. The van der Waals surface area contributed by atoms with Crippen LogP contribution in [0.4, 0.5) is 5.69 Å². The topological polar surface area (TPSA) is 70.6 Å². The lowest BCUT2D eigenvalue weighted by Gasteiger charge is -2.18. The molecule has 0 fully saturated rings. The molecule has 0 aliphatic carbocycles. The fraction of sp³-hybridized carbons (Fsp3) is 0.462. The first-order valence-corrected chi connectivity index (χ1v) is 6.17. The number of ether oxygens (including phenoxy) is 1. The van der Waals surface area contributed by atoms with Gasteiger partial charge < -0.3 is 20.5 Å². The number of aliphatic hydroxyl groups is 1. The lowest BCUT2D eigenvalue weighted by atomic mass is 10.1. The van der Waals surface area contributed by atoms with Crippen LogP contribution in [0.15, 0.2) is 18.2 Å². The zero-order valence-electron chi connectivity index (χ0n) is 10.2. The molecule has 0 radical (unpaired) electrons. The Morgan fingerprint density at radius 2 is 2.28 bits per heavy atom. The van der Waals surface area contributed by atoms with E-state index in [1.165, 1.54) is 0 Å². The molecule has 0 unspecified atom stereocenters. The number of carbonyl (C=O) groups is 1. The fourth-order valence-electron chi connectivity index (χ4n) is 1.85. The molecule has 1 aromatic rings. The van der Waals surface area contributed by atoms with E-state index >= 15 is 0 Å². The van der Waals surface area contributed by atoms with Crippen molar-refractivity contribution in [2.45, 2.75) is 12.8 Å². The molecule has 1 amide bonds. The summed E-state index contributed by atoms with van der Waals surface area (Å²) in [6.07, 6.45) is 1.66. The molecule has 0 spiro atoms. The maximum atomic E-state index is 11.2. The van der Waals surface area contributed by atoms with Crippen molar-refractivity contribution in [1.82, 2.24) is 5.32 Å². The average Bonchev–Trinajstić information content (AvgIpc) is 2.38. The van der Waals surface area contributed by atoms with E-state index in [1.54, 1.807) is 0 Å². The molecule has 18 heavy (non-hydrogen) atoms. The standard InChI is InChI=1S/C13H18N2O3/c16-7-1-5-14-6-4-10-2-3-12-11(8-10)15-13(17)9-18-12/h2-3,8,14,16H,1,4-7,9H2,(H,15,17). The van der Waals surface area contributed by atoms with E-state index in [9.17, 15) is 4.79 Å². The summed E-state index contributed by atoms with van der Waals surface area (Å²) in [5.74, 6) is 0.618. The lowest BCUT2D eigenvalue weighted by molar-refractivity contribution is -0.118. The Morgan fingerprint density at radius 3 is 3.11 bits per heavy atom. The predicted molar refractivity (Wildman–Crippen MR) is 68.8 cm³/mol. The number of amides is 1. The molecule has 0 aromatic heterocycles. The van der Waals surface area contributed by atoms with Crippen LogP contribution in [0.1, 0.15) is 12.0 Å². The van der Waals surface area contributed by atoms with Crippen molar-refractivity contribution >= 4 is 11.6 Å². The van der Waals surface area contributed by atoms with Crippen molar-refractivity contribution in [3.63, 3.8) is 0 Å². The Morgan fingerprint density at radius 1 is 1.39 bits per heavy atom. The van der Waals surface area contributed by atoms with Crippen LogP contribution in [0.5, 0.6) is 5.75 Å². The molecule has 0 atom stereocenters. The van der Waals surface area contributed by atoms with Crippen molar-refractivity contribution in [3.05, 3.63) is 23.8 Å². The highest BCUT2D eigenvalue weighted by molar-refractivity contribution is 5.95. The molecule has 1 heterocycles. The van der Waals surface area contributed by atoms with E-state index in [0.29, 0.717) is 0 Å². The van der Waals surface area contributed by atoms with E-state index in [-0.39, 0.29) is 19.1 Å². The van der Waals surface area contributed by atoms with Gasteiger partial charge in [0.1, 0.15) is 5.75 Å². The number of nitrogens with one attached hydrogen (secondary N) is 2. The Balaban J connectivity index is 1.86. The molecule has 1 aliphatic rings. The number of carbonyl (C=O) groups excluding carboxylic acids is 1. The molecule has 98 valence electrons. The van der Waals surface area contributed by atoms with Crippen LogP contribution in [0, 0.1) is 0 Å². The minimum absolute atomic E-state index is 0.0923. The van der Waals surface area contributed by atoms with E-state index in [2.05, 4.69) is 10.6 Å². The van der Waals surface area contributed by atoms with Crippen molar-refractivity contribution in [3.8, 4) is 5.75 Å². The Kier molecular flexibility index (Phi) is 4.55. The zero-order valence-corrected chi connectivity index (χ0v) is 10.2. The van der Waals surface area contributed by atoms with Crippen LogP contribution in [0.2, 0.25) is 0 Å². The molecule has 0 saturated heterocycles. The third-order valence-corrected chi connectivity index (χ3v) is 2.78. The predicted octanol–water partition coefficient (Wildman–Crippen LogP) is 0.532.